The molecule has 0 bridgehead atoms. The molecule has 0 saturated heterocycles. The Morgan fingerprint density at radius 2 is 2.00 bits per heavy atom. The van der Waals surface area contributed by atoms with Crippen LogP contribution < -0.4 is 0 Å². The third kappa shape index (κ3) is 4.34. The Hall–Kier alpha value is -1.79. The van der Waals surface area contributed by atoms with Gasteiger partial charge in [-0.05, 0) is 31.8 Å². The highest BCUT2D eigenvalue weighted by Crippen LogP contribution is 2.22. The Kier molecular flexibility index (Phi) is 5.03. The number of aromatic carboxylic acids is 1. The van der Waals surface area contributed by atoms with Crippen molar-refractivity contribution in [2.45, 2.75) is 12.8 Å². The fourth-order valence-corrected chi connectivity index (χ4v) is 2.82. The second-order valence-corrected chi connectivity index (χ2v) is 6.13. The van der Waals surface area contributed by atoms with Gasteiger partial charge in [-0.3, -0.25) is 0 Å². The van der Waals surface area contributed by atoms with Crippen LogP contribution in [-0.2, 0) is 12.8 Å². The van der Waals surface area contributed by atoms with Crippen LogP contribution in [0.3, 0.4) is 0 Å². The van der Waals surface area contributed by atoms with E-state index in [2.05, 4.69) is 4.98 Å². The molecule has 1 N–H and O–H groups in total. The van der Waals surface area contributed by atoms with Crippen LogP contribution in [0, 0.1) is 5.82 Å². The van der Waals surface area contributed by atoms with E-state index < -0.39 is 5.97 Å². The molecule has 0 aliphatic carbocycles. The lowest BCUT2D eigenvalue weighted by molar-refractivity contribution is 0.0701. The monoisotopic (exact) mass is 308 g/mol. The Bertz CT molecular complexity index is 623. The van der Waals surface area contributed by atoms with Crippen LogP contribution in [0.1, 0.15) is 25.9 Å². The van der Waals surface area contributed by atoms with Crippen LogP contribution >= 0.6 is 11.3 Å². The second-order valence-electron chi connectivity index (χ2n) is 5.05. The van der Waals surface area contributed by atoms with Crippen LogP contribution in [-0.4, -0.2) is 41.6 Å². The predicted molar refractivity (Wildman–Crippen MR) is 80.5 cm³/mol. The van der Waals surface area contributed by atoms with Gasteiger partial charge in [-0.15, -0.1) is 11.3 Å². The number of carbonyl (C=O) groups is 1. The molecular weight excluding hydrogens is 291 g/mol. The summed E-state index contributed by atoms with van der Waals surface area (Å²) in [5.41, 5.74) is 1.40. The topological polar surface area (TPSA) is 53.4 Å². The van der Waals surface area contributed by atoms with Crippen LogP contribution in [0.25, 0.3) is 0 Å². The molecule has 2 aromatic rings. The van der Waals surface area contributed by atoms with Gasteiger partial charge >= 0.3 is 5.97 Å². The van der Waals surface area contributed by atoms with Gasteiger partial charge in [-0.1, -0.05) is 12.1 Å². The first-order valence-corrected chi connectivity index (χ1v) is 7.38. The smallest absolute Gasteiger partial charge is 0.347 e. The van der Waals surface area contributed by atoms with Crippen molar-refractivity contribution in [2.24, 2.45) is 0 Å². The Morgan fingerprint density at radius 1 is 1.33 bits per heavy atom. The van der Waals surface area contributed by atoms with Crippen molar-refractivity contribution in [3.8, 4) is 0 Å². The van der Waals surface area contributed by atoms with Gasteiger partial charge in [0.1, 0.15) is 10.7 Å². The molecule has 6 heteroatoms. The minimum atomic E-state index is -0.958. The molecule has 0 spiro atoms. The third-order valence-corrected chi connectivity index (χ3v) is 4.14. The summed E-state index contributed by atoms with van der Waals surface area (Å²) in [5.74, 6) is -1.26. The van der Waals surface area contributed by atoms with Gasteiger partial charge < -0.3 is 10.0 Å². The average molecular weight is 308 g/mol. The first-order valence-electron chi connectivity index (χ1n) is 6.56. The molecule has 0 radical (unpaired) electrons. The van der Waals surface area contributed by atoms with Gasteiger partial charge in [0.15, 0.2) is 0 Å². The van der Waals surface area contributed by atoms with Gasteiger partial charge in [0.25, 0.3) is 0 Å². The van der Waals surface area contributed by atoms with Gasteiger partial charge in [0.2, 0.25) is 0 Å². The SMILES string of the molecule is CN(C)CCc1nc(Cc2ccc(F)cc2)c(C(=O)O)s1. The van der Waals surface area contributed by atoms with Crippen molar-refractivity contribution in [3.05, 3.63) is 51.2 Å². The van der Waals surface area contributed by atoms with Crippen molar-refractivity contribution in [3.63, 3.8) is 0 Å². The summed E-state index contributed by atoms with van der Waals surface area (Å²) in [6.07, 6.45) is 1.13. The van der Waals surface area contributed by atoms with E-state index in [0.717, 1.165) is 23.5 Å². The molecule has 1 aromatic heterocycles. The lowest BCUT2D eigenvalue weighted by Gasteiger charge is -2.06. The molecule has 0 amide bonds. The van der Waals surface area contributed by atoms with Crippen LogP contribution in [0.5, 0.6) is 0 Å². The van der Waals surface area contributed by atoms with E-state index in [0.29, 0.717) is 12.1 Å². The third-order valence-electron chi connectivity index (χ3n) is 2.99. The highest BCUT2D eigenvalue weighted by Gasteiger charge is 2.17. The summed E-state index contributed by atoms with van der Waals surface area (Å²) in [6.45, 7) is 0.822. The summed E-state index contributed by atoms with van der Waals surface area (Å²) < 4.78 is 12.9. The molecule has 0 aliphatic rings. The molecule has 0 unspecified atom stereocenters. The number of hydrogen-bond acceptors (Lipinski definition) is 4. The standard InChI is InChI=1S/C15H17FN2O2S/c1-18(2)8-7-13-17-12(14(21-13)15(19)20)9-10-3-5-11(16)6-4-10/h3-6H,7-9H2,1-2H3,(H,19,20). The molecule has 2 rings (SSSR count). The number of benzene rings is 1. The highest BCUT2D eigenvalue weighted by molar-refractivity contribution is 7.13. The summed E-state index contributed by atoms with van der Waals surface area (Å²) in [5, 5.41) is 10.1. The minimum Gasteiger partial charge on any atom is -0.477 e. The van der Waals surface area contributed by atoms with Gasteiger partial charge in [0.05, 0.1) is 10.7 Å². The Balaban J connectivity index is 2.20. The zero-order valence-electron chi connectivity index (χ0n) is 12.0. The molecule has 4 nitrogen and oxygen atoms in total. The molecule has 0 aliphatic heterocycles. The summed E-state index contributed by atoms with van der Waals surface area (Å²) >= 11 is 1.22. The zero-order valence-corrected chi connectivity index (χ0v) is 12.8. The van der Waals surface area contributed by atoms with Crippen molar-refractivity contribution < 1.29 is 14.3 Å². The highest BCUT2D eigenvalue weighted by atomic mass is 32.1. The number of carboxylic acid groups (broad SMARTS) is 1. The van der Waals surface area contributed by atoms with E-state index in [1.807, 2.05) is 19.0 Å². The number of hydrogen-bond donors (Lipinski definition) is 1. The molecule has 21 heavy (non-hydrogen) atoms. The number of rotatable bonds is 6. The molecular formula is C15H17FN2O2S. The molecule has 0 atom stereocenters. The second kappa shape index (κ2) is 6.78. The van der Waals surface area contributed by atoms with Crippen molar-refractivity contribution in [1.29, 1.82) is 0 Å². The number of thiazole rings is 1. The normalized spacial score (nSPS) is 11.0. The predicted octanol–water partition coefficient (Wildman–Crippen LogP) is 2.68. The maximum absolute atomic E-state index is 12.9. The van der Waals surface area contributed by atoms with E-state index in [9.17, 15) is 14.3 Å². The van der Waals surface area contributed by atoms with Crippen molar-refractivity contribution in [2.75, 3.05) is 20.6 Å². The Labute approximate surface area is 126 Å². The molecule has 0 fully saturated rings. The molecule has 1 aromatic carbocycles. The van der Waals surface area contributed by atoms with Gasteiger partial charge in [-0.25, -0.2) is 14.2 Å². The lowest BCUT2D eigenvalue weighted by atomic mass is 10.1. The first-order chi connectivity index (χ1) is 9.95. The number of nitrogens with zero attached hydrogens (tertiary/aromatic N) is 2. The molecule has 1 heterocycles. The molecule has 112 valence electrons. The number of halogens is 1. The number of aromatic nitrogens is 1. The van der Waals surface area contributed by atoms with Gasteiger partial charge in [-0.2, -0.15) is 0 Å². The van der Waals surface area contributed by atoms with E-state index in [1.54, 1.807) is 12.1 Å². The summed E-state index contributed by atoms with van der Waals surface area (Å²) in [4.78, 5) is 18.1. The number of likely N-dealkylation sites (N-methyl/N-ethyl adjacent to an activating group) is 1. The lowest BCUT2D eigenvalue weighted by Crippen LogP contribution is -2.14. The minimum absolute atomic E-state index is 0.271. The van der Waals surface area contributed by atoms with Gasteiger partial charge in [0, 0.05) is 19.4 Å². The van der Waals surface area contributed by atoms with Crippen molar-refractivity contribution >= 4 is 17.3 Å². The van der Waals surface area contributed by atoms with Crippen LogP contribution in [0.15, 0.2) is 24.3 Å². The van der Waals surface area contributed by atoms with E-state index in [1.165, 1.54) is 23.5 Å². The van der Waals surface area contributed by atoms with Crippen molar-refractivity contribution in [1.82, 2.24) is 9.88 Å². The van der Waals surface area contributed by atoms with E-state index in [-0.39, 0.29) is 10.7 Å². The quantitative estimate of drug-likeness (QED) is 0.891. The largest absolute Gasteiger partial charge is 0.477 e. The maximum atomic E-state index is 12.9. The fraction of sp³-hybridized carbons (Fsp3) is 0.333. The van der Waals surface area contributed by atoms with E-state index >= 15 is 0 Å². The zero-order chi connectivity index (χ0) is 15.4. The van der Waals surface area contributed by atoms with Crippen LogP contribution in [0.4, 0.5) is 4.39 Å². The first kappa shape index (κ1) is 15.6. The van der Waals surface area contributed by atoms with E-state index in [4.69, 9.17) is 0 Å². The average Bonchev–Trinajstić information content (AvgIpc) is 2.82. The summed E-state index contributed by atoms with van der Waals surface area (Å²) in [7, 11) is 3.93. The maximum Gasteiger partial charge on any atom is 0.347 e. The Morgan fingerprint density at radius 3 is 2.57 bits per heavy atom. The summed E-state index contributed by atoms with van der Waals surface area (Å²) in [6, 6.07) is 6.05. The molecule has 0 saturated carbocycles. The number of carboxylic acids is 1. The fourth-order valence-electron chi connectivity index (χ4n) is 1.91. The van der Waals surface area contributed by atoms with Crippen LogP contribution in [0.2, 0.25) is 0 Å².